The van der Waals surface area contributed by atoms with E-state index in [0.717, 1.165) is 17.7 Å². The summed E-state index contributed by atoms with van der Waals surface area (Å²) in [5.74, 6) is 1.13. The van der Waals surface area contributed by atoms with E-state index in [2.05, 4.69) is 10.5 Å². The van der Waals surface area contributed by atoms with Gasteiger partial charge in [-0.15, -0.1) is 0 Å². The van der Waals surface area contributed by atoms with Crippen molar-refractivity contribution in [3.05, 3.63) is 59.2 Å². The fraction of sp³-hybridized carbons (Fsp3) is 0.440. The summed E-state index contributed by atoms with van der Waals surface area (Å²) in [6, 6.07) is 9.94. The summed E-state index contributed by atoms with van der Waals surface area (Å²) in [7, 11) is 3.09. The summed E-state index contributed by atoms with van der Waals surface area (Å²) in [6.07, 6.45) is -4.52. The maximum absolute atomic E-state index is 13.2. The van der Waals surface area contributed by atoms with Crippen molar-refractivity contribution in [2.45, 2.75) is 51.6 Å². The fourth-order valence-electron chi connectivity index (χ4n) is 3.64. The van der Waals surface area contributed by atoms with Gasteiger partial charge in [0.05, 0.1) is 32.0 Å². The highest BCUT2D eigenvalue weighted by Gasteiger charge is 2.32. The fourth-order valence-corrected chi connectivity index (χ4v) is 3.64. The van der Waals surface area contributed by atoms with Crippen molar-refractivity contribution in [2.75, 3.05) is 20.8 Å². The van der Waals surface area contributed by atoms with Crippen LogP contribution < -0.4 is 14.8 Å². The molecule has 3 rings (SSSR count). The Balaban J connectivity index is 1.76. The van der Waals surface area contributed by atoms with Gasteiger partial charge in [0.2, 0.25) is 0 Å². The third-order valence-corrected chi connectivity index (χ3v) is 5.27. The second kappa shape index (κ2) is 10.5. The van der Waals surface area contributed by atoms with Gasteiger partial charge in [0, 0.05) is 24.1 Å². The zero-order valence-corrected chi connectivity index (χ0v) is 20.4. The number of halogens is 3. The van der Waals surface area contributed by atoms with Gasteiger partial charge < -0.3 is 24.5 Å². The quantitative estimate of drug-likeness (QED) is 0.574. The van der Waals surface area contributed by atoms with Crippen molar-refractivity contribution in [1.29, 1.82) is 0 Å². The van der Waals surface area contributed by atoms with Gasteiger partial charge in [0.25, 0.3) is 0 Å². The Morgan fingerprint density at radius 2 is 1.83 bits per heavy atom. The number of nitrogens with zero attached hydrogens (tertiary/aromatic N) is 2. The van der Waals surface area contributed by atoms with Gasteiger partial charge in [-0.2, -0.15) is 13.2 Å². The number of methoxy groups -OCH3 is 2. The van der Waals surface area contributed by atoms with Gasteiger partial charge in [-0.05, 0) is 56.7 Å². The highest BCUT2D eigenvalue weighted by Crippen LogP contribution is 2.31. The molecule has 0 spiro atoms. The van der Waals surface area contributed by atoms with Crippen LogP contribution in [0.25, 0.3) is 0 Å². The maximum atomic E-state index is 13.2. The number of hydrogen-bond acceptors (Lipinski definition) is 5. The van der Waals surface area contributed by atoms with Gasteiger partial charge in [0.1, 0.15) is 0 Å². The number of ether oxygens (including phenoxy) is 2. The molecule has 0 saturated heterocycles. The van der Waals surface area contributed by atoms with Gasteiger partial charge in [-0.25, -0.2) is 4.79 Å². The number of amides is 2. The predicted molar refractivity (Wildman–Crippen MR) is 126 cm³/mol. The lowest BCUT2D eigenvalue weighted by Gasteiger charge is -2.30. The van der Waals surface area contributed by atoms with Crippen LogP contribution in [-0.2, 0) is 17.6 Å². The number of carbonyl (C=O) groups excluding carboxylic acids is 1. The summed E-state index contributed by atoms with van der Waals surface area (Å²) in [6.45, 7) is 5.61. The van der Waals surface area contributed by atoms with Crippen molar-refractivity contribution in [3.63, 3.8) is 0 Å². The molecule has 0 aromatic heterocycles. The third kappa shape index (κ3) is 7.03. The smallest absolute Gasteiger partial charge is 0.416 e. The molecule has 0 aliphatic carbocycles. The van der Waals surface area contributed by atoms with Crippen molar-refractivity contribution < 1.29 is 32.3 Å². The number of carbonyl (C=O) groups is 1. The van der Waals surface area contributed by atoms with Crippen LogP contribution in [0.5, 0.6) is 11.5 Å². The number of benzene rings is 2. The molecule has 2 aromatic rings. The van der Waals surface area contributed by atoms with Gasteiger partial charge >= 0.3 is 12.2 Å². The van der Waals surface area contributed by atoms with E-state index in [-0.39, 0.29) is 13.1 Å². The van der Waals surface area contributed by atoms with Crippen LogP contribution >= 0.6 is 0 Å². The minimum atomic E-state index is -4.47. The summed E-state index contributed by atoms with van der Waals surface area (Å²) >= 11 is 0. The van der Waals surface area contributed by atoms with Crippen molar-refractivity contribution in [3.8, 4) is 11.5 Å². The van der Waals surface area contributed by atoms with Crippen molar-refractivity contribution in [1.82, 2.24) is 10.2 Å². The first-order valence-corrected chi connectivity index (χ1v) is 11.1. The van der Waals surface area contributed by atoms with E-state index in [9.17, 15) is 18.0 Å². The van der Waals surface area contributed by atoms with Crippen LogP contribution in [0.15, 0.2) is 47.6 Å². The Labute approximate surface area is 202 Å². The average molecular weight is 494 g/mol. The van der Waals surface area contributed by atoms with Crippen LogP contribution in [0.2, 0.25) is 0 Å². The Morgan fingerprint density at radius 3 is 2.46 bits per heavy atom. The third-order valence-electron chi connectivity index (χ3n) is 5.27. The monoisotopic (exact) mass is 493 g/mol. The van der Waals surface area contributed by atoms with Gasteiger partial charge in [-0.1, -0.05) is 17.3 Å². The van der Waals surface area contributed by atoms with Crippen molar-refractivity contribution >= 4 is 11.7 Å². The molecule has 7 nitrogen and oxygen atoms in total. The summed E-state index contributed by atoms with van der Waals surface area (Å²) in [4.78, 5) is 20.0. The molecule has 0 radical (unpaired) electrons. The standard InChI is InChI=1S/C25H30F3N3O4/c1-24(2,3)29-23(32)31(14-16-7-6-8-18(11-16)25(26,27)28)15-19-13-20(30-35-19)17-9-10-21(33-4)22(12-17)34-5/h6-12,19H,13-15H2,1-5H3,(H,29,32). The second-order valence-electron chi connectivity index (χ2n) is 9.30. The lowest BCUT2D eigenvalue weighted by molar-refractivity contribution is -0.137. The molecular formula is C25H30F3N3O4. The van der Waals surface area contributed by atoms with Crippen LogP contribution in [0.4, 0.5) is 18.0 Å². The maximum Gasteiger partial charge on any atom is 0.416 e. The molecule has 1 atom stereocenters. The summed E-state index contributed by atoms with van der Waals surface area (Å²) < 4.78 is 50.1. The molecule has 0 fully saturated rings. The predicted octanol–water partition coefficient (Wildman–Crippen LogP) is 5.23. The molecule has 1 N–H and O–H groups in total. The first kappa shape index (κ1) is 26.2. The minimum absolute atomic E-state index is 0.0165. The Hall–Kier alpha value is -3.43. The summed E-state index contributed by atoms with van der Waals surface area (Å²) in [5, 5.41) is 7.04. The second-order valence-corrected chi connectivity index (χ2v) is 9.30. The molecule has 1 aliphatic rings. The SMILES string of the molecule is COc1ccc(C2=NOC(CN(Cc3cccc(C(F)(F)F)c3)C(=O)NC(C)(C)C)C2)cc1OC. The number of nitrogens with one attached hydrogen (secondary N) is 1. The molecule has 1 aliphatic heterocycles. The molecule has 190 valence electrons. The number of oxime groups is 1. The lowest BCUT2D eigenvalue weighted by Crippen LogP contribution is -2.50. The zero-order valence-electron chi connectivity index (χ0n) is 20.4. The van der Waals surface area contributed by atoms with E-state index >= 15 is 0 Å². The molecule has 1 unspecified atom stereocenters. The van der Waals surface area contributed by atoms with E-state index in [0.29, 0.717) is 29.2 Å². The molecule has 35 heavy (non-hydrogen) atoms. The van der Waals surface area contributed by atoms with Crippen LogP contribution in [0.3, 0.4) is 0 Å². The first-order chi connectivity index (χ1) is 16.4. The van der Waals surface area contributed by atoms with E-state index < -0.39 is 29.4 Å². The number of alkyl halides is 3. The molecule has 2 aromatic carbocycles. The van der Waals surface area contributed by atoms with Crippen molar-refractivity contribution in [2.24, 2.45) is 5.16 Å². The Bertz CT molecular complexity index is 1080. The Kier molecular flexibility index (Phi) is 7.82. The average Bonchev–Trinajstić information content (AvgIpc) is 3.25. The van der Waals surface area contributed by atoms with Crippen LogP contribution in [-0.4, -0.2) is 49.0 Å². The zero-order chi connectivity index (χ0) is 25.8. The lowest BCUT2D eigenvalue weighted by atomic mass is 10.0. The van der Waals surface area contributed by atoms with Gasteiger partial charge in [0.15, 0.2) is 17.6 Å². The van der Waals surface area contributed by atoms with E-state index in [1.165, 1.54) is 18.1 Å². The number of urea groups is 1. The highest BCUT2D eigenvalue weighted by atomic mass is 19.4. The van der Waals surface area contributed by atoms with E-state index in [4.69, 9.17) is 14.3 Å². The molecule has 10 heteroatoms. The van der Waals surface area contributed by atoms with Crippen LogP contribution in [0, 0.1) is 0 Å². The van der Waals surface area contributed by atoms with E-state index in [1.54, 1.807) is 25.3 Å². The van der Waals surface area contributed by atoms with Gasteiger partial charge in [-0.3, -0.25) is 0 Å². The largest absolute Gasteiger partial charge is 0.493 e. The first-order valence-electron chi connectivity index (χ1n) is 11.1. The molecule has 2 amide bonds. The highest BCUT2D eigenvalue weighted by molar-refractivity contribution is 6.01. The molecular weight excluding hydrogens is 463 g/mol. The molecule has 0 saturated carbocycles. The van der Waals surface area contributed by atoms with Crippen LogP contribution in [0.1, 0.15) is 43.9 Å². The summed E-state index contributed by atoms with van der Waals surface area (Å²) in [5.41, 5.74) is 0.534. The normalized spacial score (nSPS) is 15.8. The topological polar surface area (TPSA) is 72.4 Å². The number of rotatable bonds is 7. The number of hydrogen-bond donors (Lipinski definition) is 1. The molecule has 1 heterocycles. The molecule has 0 bridgehead atoms. The Morgan fingerprint density at radius 1 is 1.11 bits per heavy atom. The van der Waals surface area contributed by atoms with E-state index in [1.807, 2.05) is 26.8 Å². The minimum Gasteiger partial charge on any atom is -0.493 e.